The molecule has 102 valence electrons. The fraction of sp³-hybridized carbons (Fsp3) is 1.00. The van der Waals surface area contributed by atoms with Crippen LogP contribution in [0.5, 0.6) is 0 Å². The summed E-state index contributed by atoms with van der Waals surface area (Å²) >= 11 is 0. The van der Waals surface area contributed by atoms with E-state index < -0.39 is 0 Å². The molecule has 2 unspecified atom stereocenters. The van der Waals surface area contributed by atoms with Crippen molar-refractivity contribution in [2.45, 2.75) is 72.8 Å². The van der Waals surface area contributed by atoms with Crippen LogP contribution in [-0.4, -0.2) is 12.1 Å². The first-order valence-corrected chi connectivity index (χ1v) is 7.54. The van der Waals surface area contributed by atoms with Gasteiger partial charge in [0.2, 0.25) is 0 Å². The monoisotopic (exact) mass is 239 g/mol. The van der Waals surface area contributed by atoms with Gasteiger partial charge in [-0.05, 0) is 63.8 Å². The topological polar surface area (TPSA) is 12.0 Å². The second-order valence-electron chi connectivity index (χ2n) is 7.49. The molecule has 1 aliphatic carbocycles. The van der Waals surface area contributed by atoms with Crippen LogP contribution in [0.2, 0.25) is 0 Å². The first-order valence-electron chi connectivity index (χ1n) is 7.54. The molecular weight excluding hydrogens is 206 g/mol. The van der Waals surface area contributed by atoms with Gasteiger partial charge in [0.1, 0.15) is 0 Å². The molecule has 0 aliphatic heterocycles. The van der Waals surface area contributed by atoms with Gasteiger partial charge in [-0.25, -0.2) is 0 Å². The van der Waals surface area contributed by atoms with Crippen LogP contribution in [0.15, 0.2) is 0 Å². The Morgan fingerprint density at radius 1 is 1.06 bits per heavy atom. The molecule has 0 aromatic heterocycles. The molecule has 1 nitrogen and oxygen atoms in total. The molecule has 1 N–H and O–H groups in total. The second-order valence-corrected chi connectivity index (χ2v) is 7.49. The largest absolute Gasteiger partial charge is 0.312 e. The molecule has 17 heavy (non-hydrogen) atoms. The van der Waals surface area contributed by atoms with Crippen molar-refractivity contribution in [1.29, 1.82) is 0 Å². The molecule has 0 saturated heterocycles. The standard InChI is InChI=1S/C16H33N/c1-12-7-9-15(10-8-12)14(3)13(2)11-17-16(4,5)6/h12-15,17H,7-11H2,1-6H3. The van der Waals surface area contributed by atoms with E-state index in [4.69, 9.17) is 0 Å². The van der Waals surface area contributed by atoms with Crippen molar-refractivity contribution < 1.29 is 0 Å². The number of hydrogen-bond acceptors (Lipinski definition) is 1. The Hall–Kier alpha value is -0.0400. The van der Waals surface area contributed by atoms with Gasteiger partial charge in [-0.2, -0.15) is 0 Å². The highest BCUT2D eigenvalue weighted by Gasteiger charge is 2.27. The van der Waals surface area contributed by atoms with Crippen LogP contribution in [0.25, 0.3) is 0 Å². The van der Waals surface area contributed by atoms with E-state index in [0.717, 1.165) is 30.2 Å². The summed E-state index contributed by atoms with van der Waals surface area (Å²) in [6.07, 6.45) is 5.83. The van der Waals surface area contributed by atoms with Crippen LogP contribution in [-0.2, 0) is 0 Å². The fourth-order valence-electron chi connectivity index (χ4n) is 2.93. The lowest BCUT2D eigenvalue weighted by Crippen LogP contribution is -2.40. The van der Waals surface area contributed by atoms with E-state index in [-0.39, 0.29) is 5.54 Å². The van der Waals surface area contributed by atoms with Gasteiger partial charge < -0.3 is 5.32 Å². The molecule has 1 aliphatic rings. The quantitative estimate of drug-likeness (QED) is 0.763. The molecular formula is C16H33N. The van der Waals surface area contributed by atoms with E-state index in [0.29, 0.717) is 0 Å². The van der Waals surface area contributed by atoms with Gasteiger partial charge in [0, 0.05) is 5.54 Å². The lowest BCUT2D eigenvalue weighted by atomic mass is 9.73. The maximum atomic E-state index is 3.65. The maximum Gasteiger partial charge on any atom is 0.00966 e. The smallest absolute Gasteiger partial charge is 0.00966 e. The second kappa shape index (κ2) is 6.22. The van der Waals surface area contributed by atoms with Gasteiger partial charge in [0.15, 0.2) is 0 Å². The van der Waals surface area contributed by atoms with Gasteiger partial charge in [-0.15, -0.1) is 0 Å². The van der Waals surface area contributed by atoms with Crippen molar-refractivity contribution in [2.75, 3.05) is 6.54 Å². The van der Waals surface area contributed by atoms with Crippen molar-refractivity contribution in [2.24, 2.45) is 23.7 Å². The summed E-state index contributed by atoms with van der Waals surface area (Å²) in [4.78, 5) is 0. The van der Waals surface area contributed by atoms with E-state index in [1.807, 2.05) is 0 Å². The highest BCUT2D eigenvalue weighted by atomic mass is 14.9. The third-order valence-corrected chi connectivity index (χ3v) is 4.66. The molecule has 1 rings (SSSR count). The van der Waals surface area contributed by atoms with Crippen LogP contribution in [0.3, 0.4) is 0 Å². The Labute approximate surface area is 109 Å². The van der Waals surface area contributed by atoms with Crippen LogP contribution in [0.4, 0.5) is 0 Å². The predicted octanol–water partition coefficient (Wildman–Crippen LogP) is 4.47. The van der Waals surface area contributed by atoms with Gasteiger partial charge >= 0.3 is 0 Å². The van der Waals surface area contributed by atoms with E-state index in [1.165, 1.54) is 25.7 Å². The van der Waals surface area contributed by atoms with E-state index >= 15 is 0 Å². The van der Waals surface area contributed by atoms with Crippen molar-refractivity contribution in [3.63, 3.8) is 0 Å². The van der Waals surface area contributed by atoms with E-state index in [1.54, 1.807) is 0 Å². The molecule has 0 heterocycles. The molecule has 2 atom stereocenters. The van der Waals surface area contributed by atoms with Crippen molar-refractivity contribution in [3.8, 4) is 0 Å². The minimum Gasteiger partial charge on any atom is -0.312 e. The summed E-state index contributed by atoms with van der Waals surface area (Å²) < 4.78 is 0. The average Bonchev–Trinajstić information content (AvgIpc) is 2.25. The first kappa shape index (κ1) is 15.0. The van der Waals surface area contributed by atoms with Gasteiger partial charge in [-0.1, -0.05) is 33.6 Å². The van der Waals surface area contributed by atoms with E-state index in [2.05, 4.69) is 46.9 Å². The van der Waals surface area contributed by atoms with Gasteiger partial charge in [0.25, 0.3) is 0 Å². The molecule has 0 aromatic carbocycles. The number of nitrogens with one attached hydrogen (secondary N) is 1. The molecule has 0 aromatic rings. The van der Waals surface area contributed by atoms with Crippen LogP contribution in [0, 0.1) is 23.7 Å². The molecule has 1 heteroatoms. The van der Waals surface area contributed by atoms with Crippen molar-refractivity contribution in [3.05, 3.63) is 0 Å². The summed E-state index contributed by atoms with van der Waals surface area (Å²) in [5, 5.41) is 3.65. The third-order valence-electron chi connectivity index (χ3n) is 4.66. The SMILES string of the molecule is CC1CCC(C(C)C(C)CNC(C)(C)C)CC1. The summed E-state index contributed by atoms with van der Waals surface area (Å²) in [5.74, 6) is 3.62. The zero-order chi connectivity index (χ0) is 13.1. The van der Waals surface area contributed by atoms with Crippen LogP contribution in [0.1, 0.15) is 67.2 Å². The Morgan fingerprint density at radius 2 is 1.59 bits per heavy atom. The minimum absolute atomic E-state index is 0.259. The summed E-state index contributed by atoms with van der Waals surface area (Å²) in [6.45, 7) is 15.2. The summed E-state index contributed by atoms with van der Waals surface area (Å²) in [5.41, 5.74) is 0.259. The molecule has 0 bridgehead atoms. The Bertz CT molecular complexity index is 208. The molecule has 0 radical (unpaired) electrons. The van der Waals surface area contributed by atoms with Crippen LogP contribution >= 0.6 is 0 Å². The molecule has 0 amide bonds. The number of rotatable bonds is 4. The zero-order valence-electron chi connectivity index (χ0n) is 12.8. The number of hydrogen-bond donors (Lipinski definition) is 1. The maximum absolute atomic E-state index is 3.65. The van der Waals surface area contributed by atoms with Crippen LogP contribution < -0.4 is 5.32 Å². The Balaban J connectivity index is 2.33. The lowest BCUT2D eigenvalue weighted by molar-refractivity contribution is 0.171. The highest BCUT2D eigenvalue weighted by molar-refractivity contribution is 4.80. The highest BCUT2D eigenvalue weighted by Crippen LogP contribution is 2.36. The molecule has 1 fully saturated rings. The van der Waals surface area contributed by atoms with E-state index in [9.17, 15) is 0 Å². The third kappa shape index (κ3) is 5.42. The van der Waals surface area contributed by atoms with Gasteiger partial charge in [-0.3, -0.25) is 0 Å². The van der Waals surface area contributed by atoms with Crippen molar-refractivity contribution in [1.82, 2.24) is 5.32 Å². The van der Waals surface area contributed by atoms with Crippen molar-refractivity contribution >= 4 is 0 Å². The first-order chi connectivity index (χ1) is 7.79. The normalized spacial score (nSPS) is 30.0. The molecule has 0 spiro atoms. The zero-order valence-corrected chi connectivity index (χ0v) is 12.8. The lowest BCUT2D eigenvalue weighted by Gasteiger charge is -2.35. The van der Waals surface area contributed by atoms with Gasteiger partial charge in [0.05, 0.1) is 0 Å². The fourth-order valence-corrected chi connectivity index (χ4v) is 2.93. The molecule has 1 saturated carbocycles. The average molecular weight is 239 g/mol. The Morgan fingerprint density at radius 3 is 2.06 bits per heavy atom. The summed E-state index contributed by atoms with van der Waals surface area (Å²) in [7, 11) is 0. The summed E-state index contributed by atoms with van der Waals surface area (Å²) in [6, 6.07) is 0. The Kier molecular flexibility index (Phi) is 5.50. The predicted molar refractivity (Wildman–Crippen MR) is 77.2 cm³/mol. The minimum atomic E-state index is 0.259.